The lowest BCUT2D eigenvalue weighted by Gasteiger charge is -2.09. The van der Waals surface area contributed by atoms with Gasteiger partial charge in [-0.1, -0.05) is 6.07 Å². The molecule has 88 valence electrons. The Balaban J connectivity index is 2.51. The lowest BCUT2D eigenvalue weighted by atomic mass is 10.0. The maximum absolute atomic E-state index is 12.8. The van der Waals surface area contributed by atoms with Crippen molar-refractivity contribution in [2.24, 2.45) is 0 Å². The van der Waals surface area contributed by atoms with Gasteiger partial charge in [0.05, 0.1) is 6.61 Å². The molecule has 2 aromatic rings. The van der Waals surface area contributed by atoms with Crippen molar-refractivity contribution in [2.45, 2.75) is 11.5 Å². The van der Waals surface area contributed by atoms with Crippen molar-refractivity contribution in [1.82, 2.24) is 4.98 Å². The molecule has 17 heavy (non-hydrogen) atoms. The lowest BCUT2D eigenvalue weighted by Crippen LogP contribution is -1.91. The molecule has 2 nitrogen and oxygen atoms in total. The Morgan fingerprint density at radius 1 is 1.29 bits per heavy atom. The fourth-order valence-corrected chi connectivity index (χ4v) is 2.06. The summed E-state index contributed by atoms with van der Waals surface area (Å²) in [5.74, 6) is -0.500. The van der Waals surface area contributed by atoms with Gasteiger partial charge in [-0.05, 0) is 41.6 Å². The van der Waals surface area contributed by atoms with E-state index in [0.29, 0.717) is 0 Å². The van der Waals surface area contributed by atoms with E-state index in [1.807, 2.05) is 24.5 Å². The normalized spacial score (nSPS) is 10.5. The summed E-state index contributed by atoms with van der Waals surface area (Å²) in [6, 6.07) is 8.80. The van der Waals surface area contributed by atoms with E-state index in [4.69, 9.17) is 0 Å². The van der Waals surface area contributed by atoms with Gasteiger partial charge in [0.15, 0.2) is 0 Å². The highest BCUT2D eigenvalue weighted by molar-refractivity contribution is 7.98. The second kappa shape index (κ2) is 5.29. The smallest absolute Gasteiger partial charge is 0.212 e. The molecule has 0 aliphatic carbocycles. The number of rotatable bonds is 3. The fourth-order valence-electron chi connectivity index (χ4n) is 1.62. The highest BCUT2D eigenvalue weighted by Crippen LogP contribution is 2.28. The predicted molar refractivity (Wildman–Crippen MR) is 67.3 cm³/mol. The van der Waals surface area contributed by atoms with E-state index >= 15 is 0 Å². The Hall–Kier alpha value is -1.39. The molecular formula is C13H12FNOS. The van der Waals surface area contributed by atoms with Gasteiger partial charge in [0.2, 0.25) is 5.95 Å². The summed E-state index contributed by atoms with van der Waals surface area (Å²) in [4.78, 5) is 4.73. The highest BCUT2D eigenvalue weighted by atomic mass is 32.2. The van der Waals surface area contributed by atoms with Crippen LogP contribution in [0.25, 0.3) is 11.1 Å². The Labute approximate surface area is 104 Å². The molecule has 0 aliphatic heterocycles. The lowest BCUT2D eigenvalue weighted by molar-refractivity contribution is 0.282. The molecule has 0 radical (unpaired) electrons. The topological polar surface area (TPSA) is 33.1 Å². The van der Waals surface area contributed by atoms with Gasteiger partial charge in [-0.3, -0.25) is 0 Å². The van der Waals surface area contributed by atoms with Crippen LogP contribution in [0.15, 0.2) is 41.4 Å². The summed E-state index contributed by atoms with van der Waals surface area (Å²) in [6.07, 6.45) is 3.47. The summed E-state index contributed by atoms with van der Waals surface area (Å²) >= 11 is 1.62. The molecule has 0 bridgehead atoms. The van der Waals surface area contributed by atoms with Crippen LogP contribution in [0.5, 0.6) is 0 Å². The minimum Gasteiger partial charge on any atom is -0.392 e. The molecule has 1 N–H and O–H groups in total. The molecule has 0 saturated carbocycles. The predicted octanol–water partition coefficient (Wildman–Crippen LogP) is 3.10. The average molecular weight is 249 g/mol. The van der Waals surface area contributed by atoms with Gasteiger partial charge in [0, 0.05) is 16.7 Å². The van der Waals surface area contributed by atoms with Gasteiger partial charge in [0.25, 0.3) is 0 Å². The summed E-state index contributed by atoms with van der Waals surface area (Å²) in [7, 11) is 0. The minimum atomic E-state index is -0.500. The van der Waals surface area contributed by atoms with E-state index in [1.165, 1.54) is 12.3 Å². The molecule has 0 fully saturated rings. The molecule has 1 aromatic carbocycles. The first-order valence-electron chi connectivity index (χ1n) is 5.14. The Bertz CT molecular complexity index is 513. The molecule has 0 unspecified atom stereocenters. The molecule has 0 aliphatic rings. The van der Waals surface area contributed by atoms with E-state index in [2.05, 4.69) is 4.98 Å². The van der Waals surface area contributed by atoms with Crippen molar-refractivity contribution in [3.8, 4) is 11.1 Å². The zero-order valence-corrected chi connectivity index (χ0v) is 10.2. The van der Waals surface area contributed by atoms with Crippen LogP contribution < -0.4 is 0 Å². The third kappa shape index (κ3) is 2.65. The van der Waals surface area contributed by atoms with Crippen molar-refractivity contribution >= 4 is 11.8 Å². The first-order valence-corrected chi connectivity index (χ1v) is 6.37. The number of nitrogens with zero attached hydrogens (tertiary/aromatic N) is 1. The van der Waals surface area contributed by atoms with Crippen LogP contribution in [-0.4, -0.2) is 16.3 Å². The van der Waals surface area contributed by atoms with Crippen LogP contribution in [0, 0.1) is 5.95 Å². The third-order valence-electron chi connectivity index (χ3n) is 2.53. The first kappa shape index (κ1) is 12.1. The molecule has 1 heterocycles. The second-order valence-corrected chi connectivity index (χ2v) is 4.43. The van der Waals surface area contributed by atoms with Crippen molar-refractivity contribution in [1.29, 1.82) is 0 Å². The zero-order chi connectivity index (χ0) is 12.3. The van der Waals surface area contributed by atoms with E-state index in [9.17, 15) is 9.50 Å². The monoisotopic (exact) mass is 249 g/mol. The largest absolute Gasteiger partial charge is 0.392 e. The van der Waals surface area contributed by atoms with E-state index in [-0.39, 0.29) is 6.61 Å². The number of hydrogen-bond donors (Lipinski definition) is 1. The molecule has 0 saturated heterocycles. The quantitative estimate of drug-likeness (QED) is 0.670. The number of benzene rings is 1. The van der Waals surface area contributed by atoms with Gasteiger partial charge >= 0.3 is 0 Å². The van der Waals surface area contributed by atoms with Crippen LogP contribution in [0.1, 0.15) is 5.56 Å². The maximum Gasteiger partial charge on any atom is 0.212 e. The third-order valence-corrected chi connectivity index (χ3v) is 3.25. The number of aromatic nitrogens is 1. The number of aliphatic hydroxyl groups is 1. The SMILES string of the molecule is CSc1ccc(CO)c(-c2ccc(F)nc2)c1. The summed E-state index contributed by atoms with van der Waals surface area (Å²) in [6.45, 7) is -0.0403. The Morgan fingerprint density at radius 2 is 2.12 bits per heavy atom. The van der Waals surface area contributed by atoms with Crippen molar-refractivity contribution in [2.75, 3.05) is 6.26 Å². The Morgan fingerprint density at radius 3 is 2.71 bits per heavy atom. The number of pyridine rings is 1. The van der Waals surface area contributed by atoms with Crippen molar-refractivity contribution < 1.29 is 9.50 Å². The van der Waals surface area contributed by atoms with E-state index < -0.39 is 5.95 Å². The van der Waals surface area contributed by atoms with Gasteiger partial charge in [-0.2, -0.15) is 4.39 Å². The van der Waals surface area contributed by atoms with Crippen LogP contribution in [-0.2, 0) is 6.61 Å². The molecule has 0 amide bonds. The van der Waals surface area contributed by atoms with Gasteiger partial charge in [-0.15, -0.1) is 11.8 Å². The molecule has 1 aromatic heterocycles. The van der Waals surface area contributed by atoms with Gasteiger partial charge < -0.3 is 5.11 Å². The van der Waals surface area contributed by atoms with Crippen LogP contribution >= 0.6 is 11.8 Å². The number of aliphatic hydroxyl groups excluding tert-OH is 1. The molecule has 0 spiro atoms. The van der Waals surface area contributed by atoms with E-state index in [0.717, 1.165) is 21.6 Å². The zero-order valence-electron chi connectivity index (χ0n) is 9.35. The Kier molecular flexibility index (Phi) is 3.76. The van der Waals surface area contributed by atoms with E-state index in [1.54, 1.807) is 17.8 Å². The van der Waals surface area contributed by atoms with Gasteiger partial charge in [-0.25, -0.2) is 4.98 Å². The van der Waals surface area contributed by atoms with Gasteiger partial charge in [0.1, 0.15) is 0 Å². The maximum atomic E-state index is 12.8. The van der Waals surface area contributed by atoms with Crippen LogP contribution in [0.3, 0.4) is 0 Å². The molecular weight excluding hydrogens is 237 g/mol. The van der Waals surface area contributed by atoms with Crippen LogP contribution in [0.4, 0.5) is 4.39 Å². The summed E-state index contributed by atoms with van der Waals surface area (Å²) in [5.41, 5.74) is 2.52. The summed E-state index contributed by atoms with van der Waals surface area (Å²) < 4.78 is 12.8. The number of halogens is 1. The molecule has 4 heteroatoms. The second-order valence-electron chi connectivity index (χ2n) is 3.55. The first-order chi connectivity index (χ1) is 8.24. The van der Waals surface area contributed by atoms with Crippen LogP contribution in [0.2, 0.25) is 0 Å². The summed E-state index contributed by atoms with van der Waals surface area (Å²) in [5, 5.41) is 9.30. The fraction of sp³-hybridized carbons (Fsp3) is 0.154. The number of hydrogen-bond acceptors (Lipinski definition) is 3. The van der Waals surface area contributed by atoms with Crippen molar-refractivity contribution in [3.05, 3.63) is 48.0 Å². The number of thioether (sulfide) groups is 1. The highest BCUT2D eigenvalue weighted by Gasteiger charge is 2.06. The minimum absolute atomic E-state index is 0.0403. The van der Waals surface area contributed by atoms with Crippen molar-refractivity contribution in [3.63, 3.8) is 0 Å². The molecule has 0 atom stereocenters. The average Bonchev–Trinajstić information content (AvgIpc) is 2.39. The molecule has 2 rings (SSSR count). The standard InChI is InChI=1S/C13H12FNOS/c1-17-11-4-2-10(8-16)12(6-11)9-3-5-13(14)15-7-9/h2-7,16H,8H2,1H3.